The van der Waals surface area contributed by atoms with Crippen LogP contribution in [0.1, 0.15) is 10.4 Å². The van der Waals surface area contributed by atoms with Gasteiger partial charge in [-0.1, -0.05) is 23.7 Å². The molecule has 0 atom stereocenters. The van der Waals surface area contributed by atoms with Gasteiger partial charge in [-0.2, -0.15) is 0 Å². The molecular formula is C23H21ClFN3O4S. The van der Waals surface area contributed by atoms with Gasteiger partial charge in [0.1, 0.15) is 18.2 Å². The molecule has 7 nitrogen and oxygen atoms in total. The first kappa shape index (κ1) is 24.4. The number of halogens is 2. The lowest BCUT2D eigenvalue weighted by Crippen LogP contribution is -2.22. The van der Waals surface area contributed by atoms with Crippen LogP contribution < -0.4 is 20.1 Å². The van der Waals surface area contributed by atoms with Gasteiger partial charge in [0.15, 0.2) is 0 Å². The molecule has 3 N–H and O–H groups in total. The standard InChI is InChI=1S/C23H21ClFN3O4S/c1-31-12-13-32-21-11-10-17(14-19(21)24)33-28-23(30)27-16-8-6-15(7-9-16)26-22(29)18-4-2-3-5-20(18)25/h2-11,14H,12-13H2,1H3,(H,26,29)(H2,27,28,30). The molecule has 0 saturated heterocycles. The normalized spacial score (nSPS) is 10.4. The number of carbonyl (C=O) groups is 2. The monoisotopic (exact) mass is 489 g/mol. The minimum absolute atomic E-state index is 0.0502. The van der Waals surface area contributed by atoms with Crippen molar-refractivity contribution in [1.82, 2.24) is 4.72 Å². The molecule has 33 heavy (non-hydrogen) atoms. The minimum Gasteiger partial charge on any atom is -0.490 e. The van der Waals surface area contributed by atoms with Crippen LogP contribution in [-0.4, -0.2) is 32.3 Å². The number of anilines is 2. The Morgan fingerprint density at radius 3 is 2.33 bits per heavy atom. The summed E-state index contributed by atoms with van der Waals surface area (Å²) in [5, 5.41) is 5.71. The predicted molar refractivity (Wildman–Crippen MR) is 128 cm³/mol. The number of carbonyl (C=O) groups excluding carboxylic acids is 2. The molecule has 172 valence electrons. The van der Waals surface area contributed by atoms with E-state index in [0.717, 1.165) is 16.8 Å². The molecule has 0 radical (unpaired) electrons. The van der Waals surface area contributed by atoms with Crippen molar-refractivity contribution in [1.29, 1.82) is 0 Å². The highest BCUT2D eigenvalue weighted by Gasteiger charge is 2.11. The Balaban J connectivity index is 1.48. The molecule has 0 unspecified atom stereocenters. The Hall–Kier alpha value is -3.27. The predicted octanol–water partition coefficient (Wildman–Crippen LogP) is 5.59. The third kappa shape index (κ3) is 7.38. The van der Waals surface area contributed by atoms with Crippen LogP contribution in [0.15, 0.2) is 71.6 Å². The van der Waals surface area contributed by atoms with E-state index >= 15 is 0 Å². The SMILES string of the molecule is COCCOc1ccc(SNC(=O)Nc2ccc(NC(=O)c3ccccc3F)cc2)cc1Cl. The smallest absolute Gasteiger partial charge is 0.329 e. The molecule has 0 bridgehead atoms. The van der Waals surface area contributed by atoms with E-state index in [1.165, 1.54) is 18.2 Å². The Morgan fingerprint density at radius 2 is 1.67 bits per heavy atom. The van der Waals surface area contributed by atoms with E-state index in [-0.39, 0.29) is 5.56 Å². The minimum atomic E-state index is -0.600. The number of hydrogen-bond acceptors (Lipinski definition) is 5. The molecular weight excluding hydrogens is 469 g/mol. The first-order valence-corrected chi connectivity index (χ1v) is 11.0. The van der Waals surface area contributed by atoms with E-state index in [1.807, 2.05) is 0 Å². The summed E-state index contributed by atoms with van der Waals surface area (Å²) >= 11 is 7.28. The molecule has 3 rings (SSSR count). The van der Waals surface area contributed by atoms with Crippen molar-refractivity contribution in [2.45, 2.75) is 4.90 Å². The fourth-order valence-electron chi connectivity index (χ4n) is 2.64. The second-order valence-corrected chi connectivity index (χ2v) is 7.89. The highest BCUT2D eigenvalue weighted by molar-refractivity contribution is 7.98. The topological polar surface area (TPSA) is 88.7 Å². The molecule has 0 heterocycles. The summed E-state index contributed by atoms with van der Waals surface area (Å²) in [6.07, 6.45) is 0. The quantitative estimate of drug-likeness (QED) is 0.269. The molecule has 0 aromatic heterocycles. The zero-order valence-electron chi connectivity index (χ0n) is 17.6. The van der Waals surface area contributed by atoms with E-state index in [4.69, 9.17) is 21.1 Å². The highest BCUT2D eigenvalue weighted by Crippen LogP contribution is 2.29. The fourth-order valence-corrected chi connectivity index (χ4v) is 3.51. The number of benzene rings is 3. The maximum Gasteiger partial charge on any atom is 0.329 e. The number of urea groups is 1. The third-order valence-electron chi connectivity index (χ3n) is 4.23. The summed E-state index contributed by atoms with van der Waals surface area (Å²) in [6.45, 7) is 0.836. The third-order valence-corrected chi connectivity index (χ3v) is 5.30. The molecule has 0 spiro atoms. The van der Waals surface area contributed by atoms with Crippen LogP contribution in [0.5, 0.6) is 5.75 Å². The number of methoxy groups -OCH3 is 1. The van der Waals surface area contributed by atoms with Crippen molar-refractivity contribution >= 4 is 46.9 Å². The van der Waals surface area contributed by atoms with Crippen molar-refractivity contribution in [3.05, 3.63) is 83.1 Å². The first-order valence-electron chi connectivity index (χ1n) is 9.77. The lowest BCUT2D eigenvalue weighted by atomic mass is 10.2. The van der Waals surface area contributed by atoms with Crippen LogP contribution in [0.2, 0.25) is 5.02 Å². The van der Waals surface area contributed by atoms with E-state index < -0.39 is 17.8 Å². The average Bonchev–Trinajstić information content (AvgIpc) is 2.80. The maximum absolute atomic E-state index is 13.7. The molecule has 0 aliphatic heterocycles. The van der Waals surface area contributed by atoms with Crippen molar-refractivity contribution in [2.24, 2.45) is 0 Å². The zero-order valence-corrected chi connectivity index (χ0v) is 19.1. The van der Waals surface area contributed by atoms with E-state index in [9.17, 15) is 14.0 Å². The lowest BCUT2D eigenvalue weighted by molar-refractivity contribution is 0.102. The molecule has 0 aliphatic rings. The highest BCUT2D eigenvalue weighted by atomic mass is 35.5. The zero-order chi connectivity index (χ0) is 23.6. The van der Waals surface area contributed by atoms with Crippen LogP contribution in [-0.2, 0) is 4.74 Å². The number of ether oxygens (including phenoxy) is 2. The van der Waals surface area contributed by atoms with Gasteiger partial charge >= 0.3 is 6.03 Å². The number of amides is 3. The molecule has 10 heteroatoms. The van der Waals surface area contributed by atoms with Gasteiger partial charge in [-0.05, 0) is 66.5 Å². The van der Waals surface area contributed by atoms with E-state index in [2.05, 4.69) is 15.4 Å². The van der Waals surface area contributed by atoms with Gasteiger partial charge in [-0.3, -0.25) is 9.52 Å². The molecule has 3 aromatic rings. The van der Waals surface area contributed by atoms with Crippen LogP contribution in [0.3, 0.4) is 0 Å². The molecule has 3 amide bonds. The number of hydrogen-bond donors (Lipinski definition) is 3. The summed E-state index contributed by atoms with van der Waals surface area (Å²) in [5.41, 5.74) is 0.925. The Bertz CT molecular complexity index is 1120. The first-order chi connectivity index (χ1) is 16.0. The van der Waals surface area contributed by atoms with Gasteiger partial charge in [0.05, 0.1) is 17.2 Å². The molecule has 0 fully saturated rings. The van der Waals surface area contributed by atoms with Crippen LogP contribution in [0, 0.1) is 5.82 Å². The summed E-state index contributed by atoms with van der Waals surface area (Å²) in [6, 6.07) is 16.9. The number of rotatable bonds is 9. The van der Waals surface area contributed by atoms with Crippen molar-refractivity contribution in [3.63, 3.8) is 0 Å². The Morgan fingerprint density at radius 1 is 0.970 bits per heavy atom. The van der Waals surface area contributed by atoms with E-state index in [0.29, 0.717) is 35.4 Å². The molecule has 0 saturated carbocycles. The van der Waals surface area contributed by atoms with Crippen LogP contribution in [0.25, 0.3) is 0 Å². The van der Waals surface area contributed by atoms with Gasteiger partial charge in [0, 0.05) is 23.4 Å². The molecule has 0 aliphatic carbocycles. The van der Waals surface area contributed by atoms with Gasteiger partial charge in [-0.15, -0.1) is 0 Å². The summed E-state index contributed by atoms with van der Waals surface area (Å²) < 4.78 is 26.8. The lowest BCUT2D eigenvalue weighted by Gasteiger charge is -2.10. The molecule has 3 aromatic carbocycles. The van der Waals surface area contributed by atoms with Crippen molar-refractivity contribution in [2.75, 3.05) is 31.0 Å². The second kappa shape index (κ2) is 12.1. The second-order valence-electron chi connectivity index (χ2n) is 6.60. The summed E-state index contributed by atoms with van der Waals surface area (Å²) in [7, 11) is 1.59. The summed E-state index contributed by atoms with van der Waals surface area (Å²) in [5.74, 6) is -0.626. The number of nitrogens with one attached hydrogen (secondary N) is 3. The van der Waals surface area contributed by atoms with Crippen molar-refractivity contribution < 1.29 is 23.5 Å². The van der Waals surface area contributed by atoms with Gasteiger partial charge in [-0.25, -0.2) is 9.18 Å². The Kier molecular flexibility index (Phi) is 8.94. The van der Waals surface area contributed by atoms with Crippen molar-refractivity contribution in [3.8, 4) is 5.75 Å². The van der Waals surface area contributed by atoms with Gasteiger partial charge in [0.2, 0.25) is 0 Å². The maximum atomic E-state index is 13.7. The van der Waals surface area contributed by atoms with Gasteiger partial charge in [0.25, 0.3) is 5.91 Å². The largest absolute Gasteiger partial charge is 0.490 e. The fraction of sp³-hybridized carbons (Fsp3) is 0.130. The summed E-state index contributed by atoms with van der Waals surface area (Å²) in [4.78, 5) is 25.1. The van der Waals surface area contributed by atoms with Gasteiger partial charge < -0.3 is 20.1 Å². The van der Waals surface area contributed by atoms with Crippen LogP contribution in [0.4, 0.5) is 20.6 Å². The average molecular weight is 490 g/mol. The van der Waals surface area contributed by atoms with Crippen LogP contribution >= 0.6 is 23.5 Å². The Labute approximate surface area is 199 Å². The van der Waals surface area contributed by atoms with E-state index in [1.54, 1.807) is 55.6 Å².